The second-order valence-electron chi connectivity index (χ2n) is 3.39. The molecule has 0 radical (unpaired) electrons. The lowest BCUT2D eigenvalue weighted by atomic mass is 10.0. The van der Waals surface area contributed by atoms with E-state index in [0.717, 1.165) is 12.8 Å². The van der Waals surface area contributed by atoms with Crippen molar-refractivity contribution >= 4 is 15.9 Å². The second kappa shape index (κ2) is 4.32. The standard InChI is InChI=1S/C8H16BrF/c1-7(9)5-4-6-8(2,3)10/h7H,4-6H2,1-3H3. The lowest BCUT2D eigenvalue weighted by Gasteiger charge is -2.13. The zero-order valence-corrected chi connectivity index (χ0v) is 8.54. The smallest absolute Gasteiger partial charge is 0.105 e. The van der Waals surface area contributed by atoms with Gasteiger partial charge < -0.3 is 0 Å². The monoisotopic (exact) mass is 210 g/mol. The van der Waals surface area contributed by atoms with Gasteiger partial charge in [-0.2, -0.15) is 0 Å². The summed E-state index contributed by atoms with van der Waals surface area (Å²) in [6, 6.07) is 0. The van der Waals surface area contributed by atoms with Gasteiger partial charge in [-0.3, -0.25) is 0 Å². The van der Waals surface area contributed by atoms with E-state index >= 15 is 0 Å². The van der Waals surface area contributed by atoms with E-state index in [1.165, 1.54) is 0 Å². The predicted molar refractivity (Wildman–Crippen MR) is 47.4 cm³/mol. The first kappa shape index (κ1) is 10.4. The summed E-state index contributed by atoms with van der Waals surface area (Å²) in [5, 5.41) is 0. The predicted octanol–water partition coefficient (Wildman–Crippen LogP) is 3.69. The molecule has 0 nitrogen and oxygen atoms in total. The number of halogens is 2. The van der Waals surface area contributed by atoms with Gasteiger partial charge in [0.15, 0.2) is 0 Å². The molecule has 0 saturated carbocycles. The molecule has 62 valence electrons. The van der Waals surface area contributed by atoms with Crippen molar-refractivity contribution in [3.63, 3.8) is 0 Å². The Hall–Kier alpha value is 0.410. The molecular formula is C8H16BrF. The molecule has 0 aromatic heterocycles. The minimum absolute atomic E-state index is 0.523. The van der Waals surface area contributed by atoms with Crippen molar-refractivity contribution in [1.29, 1.82) is 0 Å². The van der Waals surface area contributed by atoms with E-state index in [9.17, 15) is 4.39 Å². The molecule has 2 heteroatoms. The van der Waals surface area contributed by atoms with E-state index in [0.29, 0.717) is 11.2 Å². The molecule has 1 unspecified atom stereocenters. The molecule has 0 aromatic rings. The molecule has 0 fully saturated rings. The van der Waals surface area contributed by atoms with Crippen molar-refractivity contribution < 1.29 is 4.39 Å². The fourth-order valence-electron chi connectivity index (χ4n) is 0.804. The van der Waals surface area contributed by atoms with Crippen LogP contribution in [0, 0.1) is 0 Å². The van der Waals surface area contributed by atoms with Crippen molar-refractivity contribution in [2.75, 3.05) is 0 Å². The minimum Gasteiger partial charge on any atom is -0.245 e. The van der Waals surface area contributed by atoms with Gasteiger partial charge in [0.25, 0.3) is 0 Å². The molecule has 0 aliphatic heterocycles. The van der Waals surface area contributed by atoms with Crippen LogP contribution in [0.15, 0.2) is 0 Å². The molecule has 0 aliphatic rings. The lowest BCUT2D eigenvalue weighted by Crippen LogP contribution is -2.11. The topological polar surface area (TPSA) is 0 Å². The van der Waals surface area contributed by atoms with Gasteiger partial charge in [0.1, 0.15) is 5.67 Å². The SMILES string of the molecule is CC(Br)CCCC(C)(C)F. The maximum atomic E-state index is 12.8. The maximum Gasteiger partial charge on any atom is 0.105 e. The van der Waals surface area contributed by atoms with Crippen molar-refractivity contribution in [3.8, 4) is 0 Å². The minimum atomic E-state index is -0.984. The van der Waals surface area contributed by atoms with Crippen LogP contribution in [0.2, 0.25) is 0 Å². The first-order chi connectivity index (χ1) is 4.42. The average molecular weight is 211 g/mol. The second-order valence-corrected chi connectivity index (χ2v) is 4.95. The Balaban J connectivity index is 3.21. The first-order valence-corrected chi connectivity index (χ1v) is 4.66. The van der Waals surface area contributed by atoms with Gasteiger partial charge in [-0.05, 0) is 33.1 Å². The number of rotatable bonds is 4. The van der Waals surface area contributed by atoms with Crippen LogP contribution < -0.4 is 0 Å². The van der Waals surface area contributed by atoms with Gasteiger partial charge in [0, 0.05) is 4.83 Å². The highest BCUT2D eigenvalue weighted by atomic mass is 79.9. The van der Waals surface area contributed by atoms with Crippen LogP contribution in [0.25, 0.3) is 0 Å². The van der Waals surface area contributed by atoms with Crippen LogP contribution in [-0.2, 0) is 0 Å². The molecule has 1 atom stereocenters. The molecule has 0 saturated heterocycles. The molecule has 0 amide bonds. The van der Waals surface area contributed by atoms with Crippen molar-refractivity contribution in [2.45, 2.75) is 50.5 Å². The molecule has 0 aliphatic carbocycles. The van der Waals surface area contributed by atoms with E-state index in [-0.39, 0.29) is 0 Å². The quantitative estimate of drug-likeness (QED) is 0.622. The van der Waals surface area contributed by atoms with Gasteiger partial charge >= 0.3 is 0 Å². The Morgan fingerprint density at radius 3 is 2.30 bits per heavy atom. The molecule has 0 heterocycles. The molecule has 0 rings (SSSR count). The van der Waals surface area contributed by atoms with Crippen molar-refractivity contribution in [3.05, 3.63) is 0 Å². The summed E-state index contributed by atoms with van der Waals surface area (Å²) in [7, 11) is 0. The zero-order valence-electron chi connectivity index (χ0n) is 6.95. The summed E-state index contributed by atoms with van der Waals surface area (Å²) >= 11 is 3.42. The molecule has 0 N–H and O–H groups in total. The summed E-state index contributed by atoms with van der Waals surface area (Å²) in [6.07, 6.45) is 2.70. The summed E-state index contributed by atoms with van der Waals surface area (Å²) in [5.41, 5.74) is -0.984. The van der Waals surface area contributed by atoms with Gasteiger partial charge in [-0.15, -0.1) is 0 Å². The molecule has 0 bridgehead atoms. The van der Waals surface area contributed by atoms with E-state index in [1.807, 2.05) is 0 Å². The summed E-state index contributed by atoms with van der Waals surface area (Å²) in [6.45, 7) is 5.35. The highest BCUT2D eigenvalue weighted by Crippen LogP contribution is 2.19. The Bertz CT molecular complexity index is 83.7. The average Bonchev–Trinajstić information content (AvgIpc) is 1.59. The normalized spacial score (nSPS) is 15.3. The Kier molecular flexibility index (Phi) is 4.50. The summed E-state index contributed by atoms with van der Waals surface area (Å²) in [5.74, 6) is 0. The van der Waals surface area contributed by atoms with Crippen LogP contribution in [0.5, 0.6) is 0 Å². The van der Waals surface area contributed by atoms with Gasteiger partial charge in [-0.1, -0.05) is 22.9 Å². The van der Waals surface area contributed by atoms with Crippen molar-refractivity contribution in [1.82, 2.24) is 0 Å². The highest BCUT2D eigenvalue weighted by Gasteiger charge is 2.14. The maximum absolute atomic E-state index is 12.8. The third-order valence-corrected chi connectivity index (χ3v) is 1.83. The Morgan fingerprint density at radius 1 is 1.50 bits per heavy atom. The number of hydrogen-bond acceptors (Lipinski definition) is 0. The van der Waals surface area contributed by atoms with E-state index in [1.54, 1.807) is 13.8 Å². The van der Waals surface area contributed by atoms with E-state index < -0.39 is 5.67 Å². The van der Waals surface area contributed by atoms with E-state index in [4.69, 9.17) is 0 Å². The molecule has 0 spiro atoms. The van der Waals surface area contributed by atoms with Crippen LogP contribution >= 0.6 is 15.9 Å². The summed E-state index contributed by atoms with van der Waals surface area (Å²) in [4.78, 5) is 0.523. The lowest BCUT2D eigenvalue weighted by molar-refractivity contribution is 0.196. The third-order valence-electron chi connectivity index (χ3n) is 1.37. The fraction of sp³-hybridized carbons (Fsp3) is 1.00. The number of alkyl halides is 2. The molecule has 0 aromatic carbocycles. The molecular weight excluding hydrogens is 195 g/mol. The molecule has 10 heavy (non-hydrogen) atoms. The Morgan fingerprint density at radius 2 is 2.00 bits per heavy atom. The fourth-order valence-corrected chi connectivity index (χ4v) is 1.13. The number of hydrogen-bond donors (Lipinski definition) is 0. The van der Waals surface area contributed by atoms with Crippen LogP contribution in [0.1, 0.15) is 40.0 Å². The third kappa shape index (κ3) is 8.41. The summed E-state index contributed by atoms with van der Waals surface area (Å²) < 4.78 is 12.8. The van der Waals surface area contributed by atoms with Gasteiger partial charge in [0.05, 0.1) is 0 Å². The van der Waals surface area contributed by atoms with E-state index in [2.05, 4.69) is 22.9 Å². The van der Waals surface area contributed by atoms with Crippen molar-refractivity contribution in [2.24, 2.45) is 0 Å². The van der Waals surface area contributed by atoms with Crippen LogP contribution in [-0.4, -0.2) is 10.5 Å². The highest BCUT2D eigenvalue weighted by molar-refractivity contribution is 9.09. The van der Waals surface area contributed by atoms with Gasteiger partial charge in [-0.25, -0.2) is 4.39 Å². The first-order valence-electron chi connectivity index (χ1n) is 3.75. The van der Waals surface area contributed by atoms with Gasteiger partial charge in [0.2, 0.25) is 0 Å². The van der Waals surface area contributed by atoms with Crippen LogP contribution in [0.3, 0.4) is 0 Å². The Labute approximate surface area is 71.3 Å². The zero-order chi connectivity index (χ0) is 8.20. The largest absolute Gasteiger partial charge is 0.245 e. The van der Waals surface area contributed by atoms with Crippen LogP contribution in [0.4, 0.5) is 4.39 Å².